The van der Waals surface area contributed by atoms with Gasteiger partial charge in [-0.2, -0.15) is 5.10 Å². The molecule has 0 amide bonds. The molecule has 0 N–H and O–H groups in total. The van der Waals surface area contributed by atoms with Gasteiger partial charge in [-0.1, -0.05) is 6.07 Å². The molecule has 90 valence electrons. The predicted octanol–water partition coefficient (Wildman–Crippen LogP) is 2.00. The van der Waals surface area contributed by atoms with E-state index in [0.717, 1.165) is 14.5 Å². The summed E-state index contributed by atoms with van der Waals surface area (Å²) in [5.41, 5.74) is 1.03. The molecule has 1 fully saturated rings. The monoisotopic (exact) mass is 362 g/mol. The molecule has 4 nitrogen and oxygen atoms in total. The van der Waals surface area contributed by atoms with Crippen LogP contribution in [-0.4, -0.2) is 29.7 Å². The van der Waals surface area contributed by atoms with E-state index >= 15 is 0 Å². The van der Waals surface area contributed by atoms with Crippen LogP contribution in [0, 0.1) is 3.57 Å². The Morgan fingerprint density at radius 2 is 2.24 bits per heavy atom. The summed E-state index contributed by atoms with van der Waals surface area (Å²) < 4.78 is 26.0. The van der Waals surface area contributed by atoms with E-state index < -0.39 is 9.84 Å². The summed E-state index contributed by atoms with van der Waals surface area (Å²) in [6, 6.07) is 6.09. The Bertz CT molecular complexity index is 678. The van der Waals surface area contributed by atoms with Crippen LogP contribution in [0.25, 0.3) is 10.9 Å². The van der Waals surface area contributed by atoms with Crippen molar-refractivity contribution in [2.24, 2.45) is 0 Å². The molecule has 1 saturated heterocycles. The molecule has 2 heterocycles. The second kappa shape index (κ2) is 3.94. The summed E-state index contributed by atoms with van der Waals surface area (Å²) >= 11 is 2.25. The molecule has 1 aromatic carbocycles. The molecule has 0 aliphatic carbocycles. The Labute approximate surface area is 113 Å². The Kier molecular flexibility index (Phi) is 2.66. The lowest BCUT2D eigenvalue weighted by atomic mass is 10.2. The summed E-state index contributed by atoms with van der Waals surface area (Å²) in [5, 5.41) is 5.40. The highest BCUT2D eigenvalue weighted by Crippen LogP contribution is 2.27. The van der Waals surface area contributed by atoms with Gasteiger partial charge in [0.05, 0.1) is 29.3 Å². The summed E-state index contributed by atoms with van der Waals surface area (Å²) in [7, 11) is -2.86. The van der Waals surface area contributed by atoms with E-state index in [2.05, 4.69) is 27.7 Å². The molecule has 0 saturated carbocycles. The fraction of sp³-hybridized carbons (Fsp3) is 0.364. The molecule has 1 aliphatic rings. The number of sulfone groups is 1. The van der Waals surface area contributed by atoms with Crippen molar-refractivity contribution in [2.45, 2.75) is 12.5 Å². The van der Waals surface area contributed by atoms with Crippen LogP contribution in [0.4, 0.5) is 0 Å². The maximum absolute atomic E-state index is 11.5. The SMILES string of the molecule is O=S1(=O)CCC(n2ncc3ccc(I)cc32)C1. The second-order valence-corrected chi connectivity index (χ2v) is 7.82. The van der Waals surface area contributed by atoms with Crippen molar-refractivity contribution in [3.05, 3.63) is 28.0 Å². The van der Waals surface area contributed by atoms with Gasteiger partial charge in [0.2, 0.25) is 0 Å². The Morgan fingerprint density at radius 1 is 1.41 bits per heavy atom. The second-order valence-electron chi connectivity index (χ2n) is 4.35. The van der Waals surface area contributed by atoms with Crippen LogP contribution in [0.3, 0.4) is 0 Å². The number of hydrogen-bond donors (Lipinski definition) is 0. The Hall–Kier alpha value is -0.630. The van der Waals surface area contributed by atoms with Crippen LogP contribution < -0.4 is 0 Å². The molecule has 1 aromatic heterocycles. The minimum Gasteiger partial charge on any atom is -0.261 e. The van der Waals surface area contributed by atoms with E-state index in [1.165, 1.54) is 0 Å². The van der Waals surface area contributed by atoms with Gasteiger partial charge < -0.3 is 0 Å². The van der Waals surface area contributed by atoms with Crippen molar-refractivity contribution in [1.82, 2.24) is 9.78 Å². The molecule has 1 aliphatic heterocycles. The lowest BCUT2D eigenvalue weighted by molar-refractivity contribution is 0.515. The Morgan fingerprint density at radius 3 is 2.94 bits per heavy atom. The zero-order valence-corrected chi connectivity index (χ0v) is 12.0. The molecule has 0 radical (unpaired) electrons. The van der Waals surface area contributed by atoms with Crippen LogP contribution in [0.15, 0.2) is 24.4 Å². The van der Waals surface area contributed by atoms with Crippen LogP contribution in [-0.2, 0) is 9.84 Å². The summed E-state index contributed by atoms with van der Waals surface area (Å²) in [5.74, 6) is 0.498. The van der Waals surface area contributed by atoms with Crippen LogP contribution in [0.5, 0.6) is 0 Å². The smallest absolute Gasteiger partial charge is 0.152 e. The van der Waals surface area contributed by atoms with Crippen molar-refractivity contribution in [2.75, 3.05) is 11.5 Å². The lowest BCUT2D eigenvalue weighted by Gasteiger charge is -2.09. The molecule has 17 heavy (non-hydrogen) atoms. The number of rotatable bonds is 1. The van der Waals surface area contributed by atoms with Gasteiger partial charge in [0.15, 0.2) is 9.84 Å². The van der Waals surface area contributed by atoms with Crippen molar-refractivity contribution < 1.29 is 8.42 Å². The van der Waals surface area contributed by atoms with Crippen molar-refractivity contribution >= 4 is 43.3 Å². The first-order valence-corrected chi connectivity index (χ1v) is 8.28. The first-order chi connectivity index (χ1) is 8.05. The van der Waals surface area contributed by atoms with Crippen LogP contribution >= 0.6 is 22.6 Å². The summed E-state index contributed by atoms with van der Waals surface area (Å²) in [6.07, 6.45) is 2.47. The van der Waals surface area contributed by atoms with Crippen molar-refractivity contribution in [3.8, 4) is 0 Å². The van der Waals surface area contributed by atoms with E-state index in [0.29, 0.717) is 6.42 Å². The molecule has 3 rings (SSSR count). The normalized spacial score (nSPS) is 23.2. The molecule has 0 bridgehead atoms. The fourth-order valence-corrected chi connectivity index (χ4v) is 4.44. The number of fused-ring (bicyclic) bond motifs is 1. The van der Waals surface area contributed by atoms with Gasteiger partial charge in [0.25, 0.3) is 0 Å². The van der Waals surface area contributed by atoms with Gasteiger partial charge in [-0.3, -0.25) is 4.68 Å². The third-order valence-electron chi connectivity index (χ3n) is 3.11. The van der Waals surface area contributed by atoms with Gasteiger partial charge in [0.1, 0.15) is 0 Å². The maximum Gasteiger partial charge on any atom is 0.152 e. The number of benzene rings is 1. The van der Waals surface area contributed by atoms with Gasteiger partial charge in [-0.15, -0.1) is 0 Å². The minimum absolute atomic E-state index is 0.00398. The molecule has 2 aromatic rings. The molecule has 1 atom stereocenters. The number of halogens is 1. The predicted molar refractivity (Wildman–Crippen MR) is 74.8 cm³/mol. The standard InChI is InChI=1S/C11H11IN2O2S/c12-9-2-1-8-6-13-14(11(8)5-9)10-3-4-17(15,16)7-10/h1-2,5-6,10H,3-4,7H2. The topological polar surface area (TPSA) is 52.0 Å². The van der Waals surface area contributed by atoms with Crippen LogP contribution in [0.2, 0.25) is 0 Å². The van der Waals surface area contributed by atoms with E-state index in [9.17, 15) is 8.42 Å². The highest BCUT2D eigenvalue weighted by molar-refractivity contribution is 14.1. The van der Waals surface area contributed by atoms with Gasteiger partial charge in [0, 0.05) is 8.96 Å². The van der Waals surface area contributed by atoms with Crippen LogP contribution in [0.1, 0.15) is 12.5 Å². The van der Waals surface area contributed by atoms with Gasteiger partial charge >= 0.3 is 0 Å². The maximum atomic E-state index is 11.5. The van der Waals surface area contributed by atoms with Gasteiger partial charge in [-0.05, 0) is 41.1 Å². The van der Waals surface area contributed by atoms with E-state index in [1.54, 1.807) is 6.20 Å². The zero-order valence-electron chi connectivity index (χ0n) is 9.01. The first-order valence-electron chi connectivity index (χ1n) is 5.38. The zero-order chi connectivity index (χ0) is 12.0. The largest absolute Gasteiger partial charge is 0.261 e. The van der Waals surface area contributed by atoms with Crippen molar-refractivity contribution in [3.63, 3.8) is 0 Å². The quantitative estimate of drug-likeness (QED) is 0.730. The summed E-state index contributed by atoms with van der Waals surface area (Å²) in [4.78, 5) is 0. The van der Waals surface area contributed by atoms with E-state index in [4.69, 9.17) is 0 Å². The fourth-order valence-electron chi connectivity index (χ4n) is 2.27. The third kappa shape index (κ3) is 2.08. The van der Waals surface area contributed by atoms with Crippen molar-refractivity contribution in [1.29, 1.82) is 0 Å². The summed E-state index contributed by atoms with van der Waals surface area (Å²) in [6.45, 7) is 0. The Balaban J connectivity index is 2.09. The number of nitrogens with zero attached hydrogens (tertiary/aromatic N) is 2. The van der Waals surface area contributed by atoms with E-state index in [-0.39, 0.29) is 17.5 Å². The molecule has 6 heteroatoms. The number of aromatic nitrogens is 2. The average Bonchev–Trinajstić information content (AvgIpc) is 2.81. The lowest BCUT2D eigenvalue weighted by Crippen LogP contribution is -2.12. The molecule has 0 spiro atoms. The third-order valence-corrected chi connectivity index (χ3v) is 5.54. The first kappa shape index (κ1) is 11.5. The molecular weight excluding hydrogens is 351 g/mol. The highest BCUT2D eigenvalue weighted by Gasteiger charge is 2.30. The number of hydrogen-bond acceptors (Lipinski definition) is 3. The molecule has 1 unspecified atom stereocenters. The molecular formula is C11H11IN2O2S. The van der Waals surface area contributed by atoms with E-state index in [1.807, 2.05) is 22.9 Å². The average molecular weight is 362 g/mol. The van der Waals surface area contributed by atoms with Gasteiger partial charge in [-0.25, -0.2) is 8.42 Å². The highest BCUT2D eigenvalue weighted by atomic mass is 127. The minimum atomic E-state index is -2.86.